The summed E-state index contributed by atoms with van der Waals surface area (Å²) < 4.78 is 7.41. The Kier molecular flexibility index (Phi) is 6.42. The fourth-order valence-corrected chi connectivity index (χ4v) is 7.06. The van der Waals surface area contributed by atoms with Crippen LogP contribution in [0.15, 0.2) is 79.6 Å². The van der Waals surface area contributed by atoms with E-state index in [9.17, 15) is 4.79 Å². The van der Waals surface area contributed by atoms with Gasteiger partial charge in [0.15, 0.2) is 0 Å². The van der Waals surface area contributed by atoms with Gasteiger partial charge in [0.1, 0.15) is 11.4 Å². The molecule has 4 atom stereocenters. The number of nitrogens with zero attached hydrogens (tertiary/aromatic N) is 5. The molecule has 0 saturated carbocycles. The third kappa shape index (κ3) is 4.50. The Bertz CT molecular complexity index is 1440. The number of thioether (sulfide) groups is 1. The van der Waals surface area contributed by atoms with Gasteiger partial charge in [0.25, 0.3) is 5.24 Å². The highest BCUT2D eigenvalue weighted by Crippen LogP contribution is 2.50. The molecule has 8 heteroatoms. The van der Waals surface area contributed by atoms with Crippen molar-refractivity contribution in [2.24, 2.45) is 11.8 Å². The zero-order valence-corrected chi connectivity index (χ0v) is 21.6. The number of fused-ring (bicyclic) bond motifs is 2. The molecule has 2 saturated heterocycles. The van der Waals surface area contributed by atoms with E-state index in [2.05, 4.69) is 38.9 Å². The van der Waals surface area contributed by atoms with Crippen molar-refractivity contribution in [1.29, 1.82) is 0 Å². The highest BCUT2D eigenvalue weighted by molar-refractivity contribution is 8.14. The standard InChI is InChI=1S/C29H29N5O2S/c1-3-19(17-33-18-26(31-32-33)20-7-5-4-6-8-20)21-12-14-34-27(15-21)28(37-29(34)35)23-11-13-30-25-10-9-22(36-2)16-24(23)25/h3-11,13,16,18-19,21,27-28H,1,12,14-15,17H2,2H3. The van der Waals surface area contributed by atoms with Gasteiger partial charge in [-0.1, -0.05) is 53.4 Å². The summed E-state index contributed by atoms with van der Waals surface area (Å²) in [4.78, 5) is 19.6. The van der Waals surface area contributed by atoms with Crippen molar-refractivity contribution >= 4 is 27.9 Å². The monoisotopic (exact) mass is 511 g/mol. The number of methoxy groups -OCH3 is 1. The summed E-state index contributed by atoms with van der Waals surface area (Å²) in [6.07, 6.45) is 7.79. The molecule has 4 aromatic rings. The zero-order valence-electron chi connectivity index (χ0n) is 20.7. The van der Waals surface area contributed by atoms with Crippen molar-refractivity contribution in [3.8, 4) is 17.0 Å². The van der Waals surface area contributed by atoms with E-state index >= 15 is 0 Å². The lowest BCUT2D eigenvalue weighted by Gasteiger charge is -2.39. The Morgan fingerprint density at radius 1 is 1.22 bits per heavy atom. The van der Waals surface area contributed by atoms with Crippen LogP contribution < -0.4 is 4.74 Å². The fourth-order valence-electron chi connectivity index (χ4n) is 5.74. The molecule has 0 radical (unpaired) electrons. The quantitative estimate of drug-likeness (QED) is 0.284. The van der Waals surface area contributed by atoms with Crippen LogP contribution in [0.4, 0.5) is 4.79 Å². The zero-order chi connectivity index (χ0) is 25.4. The Morgan fingerprint density at radius 2 is 2.08 bits per heavy atom. The normalized spacial score (nSPS) is 22.1. The first-order valence-electron chi connectivity index (χ1n) is 12.6. The number of benzene rings is 2. The Balaban J connectivity index is 1.24. The number of hydrogen-bond donors (Lipinski definition) is 0. The molecule has 2 aliphatic heterocycles. The van der Waals surface area contributed by atoms with E-state index in [0.717, 1.165) is 59.4 Å². The number of pyridine rings is 1. The Morgan fingerprint density at radius 3 is 2.89 bits per heavy atom. The third-order valence-electron chi connectivity index (χ3n) is 7.70. The molecule has 0 spiro atoms. The van der Waals surface area contributed by atoms with Crippen LogP contribution in [0.25, 0.3) is 22.2 Å². The van der Waals surface area contributed by atoms with Gasteiger partial charge in [0.2, 0.25) is 0 Å². The summed E-state index contributed by atoms with van der Waals surface area (Å²) in [6, 6.07) is 18.2. The maximum absolute atomic E-state index is 13.0. The Labute approximate surface area is 220 Å². The molecular weight excluding hydrogens is 482 g/mol. The average Bonchev–Trinajstić information content (AvgIpc) is 3.55. The van der Waals surface area contributed by atoms with E-state index < -0.39 is 0 Å². The molecule has 1 amide bonds. The topological polar surface area (TPSA) is 73.1 Å². The number of allylic oxidation sites excluding steroid dienone is 1. The molecule has 2 fully saturated rings. The molecule has 2 aromatic heterocycles. The first-order valence-corrected chi connectivity index (χ1v) is 13.5. The molecule has 188 valence electrons. The number of carbonyl (C=O) groups is 1. The number of piperidine rings is 1. The average molecular weight is 512 g/mol. The molecule has 7 nitrogen and oxygen atoms in total. The molecule has 2 aromatic carbocycles. The van der Waals surface area contributed by atoms with Crippen LogP contribution in [0, 0.1) is 11.8 Å². The minimum atomic E-state index is 0.0504. The highest BCUT2D eigenvalue weighted by Gasteiger charge is 2.46. The first kappa shape index (κ1) is 23.7. The molecule has 6 rings (SSSR count). The van der Waals surface area contributed by atoms with Crippen LogP contribution in [0.3, 0.4) is 0 Å². The van der Waals surface area contributed by atoms with E-state index in [-0.39, 0.29) is 22.4 Å². The smallest absolute Gasteiger partial charge is 0.282 e. The van der Waals surface area contributed by atoms with Gasteiger partial charge in [-0.15, -0.1) is 11.7 Å². The van der Waals surface area contributed by atoms with Crippen LogP contribution in [0.5, 0.6) is 5.75 Å². The van der Waals surface area contributed by atoms with E-state index in [0.29, 0.717) is 5.92 Å². The number of carbonyl (C=O) groups excluding carboxylic acids is 1. The summed E-state index contributed by atoms with van der Waals surface area (Å²) in [6.45, 7) is 5.65. The van der Waals surface area contributed by atoms with Gasteiger partial charge in [-0.25, -0.2) is 0 Å². The summed E-state index contributed by atoms with van der Waals surface area (Å²) in [7, 11) is 1.67. The van der Waals surface area contributed by atoms with Crippen LogP contribution in [0.2, 0.25) is 0 Å². The lowest BCUT2D eigenvalue weighted by atomic mass is 9.79. The lowest BCUT2D eigenvalue weighted by Crippen LogP contribution is -2.43. The molecule has 4 heterocycles. The van der Waals surface area contributed by atoms with Crippen LogP contribution in [-0.2, 0) is 6.54 Å². The van der Waals surface area contributed by atoms with Gasteiger partial charge in [0, 0.05) is 36.3 Å². The molecule has 4 unspecified atom stereocenters. The first-order chi connectivity index (χ1) is 18.1. The second-order valence-corrected chi connectivity index (χ2v) is 10.8. The number of rotatable bonds is 7. The van der Waals surface area contributed by atoms with Crippen LogP contribution in [0.1, 0.15) is 23.7 Å². The largest absolute Gasteiger partial charge is 0.497 e. The predicted octanol–water partition coefficient (Wildman–Crippen LogP) is 5.99. The van der Waals surface area contributed by atoms with Gasteiger partial charge in [0.05, 0.1) is 24.1 Å². The van der Waals surface area contributed by atoms with Gasteiger partial charge < -0.3 is 9.64 Å². The molecule has 0 bridgehead atoms. The van der Waals surface area contributed by atoms with E-state index in [1.807, 2.05) is 65.6 Å². The number of ether oxygens (including phenoxy) is 1. The molecule has 0 aliphatic carbocycles. The van der Waals surface area contributed by atoms with Gasteiger partial charge in [-0.2, -0.15) is 0 Å². The molecular formula is C29H29N5O2S. The second-order valence-electron chi connectivity index (χ2n) is 9.72. The number of aromatic nitrogens is 4. The summed E-state index contributed by atoms with van der Waals surface area (Å²) in [5, 5.41) is 10.0. The van der Waals surface area contributed by atoms with Crippen molar-refractivity contribution in [2.45, 2.75) is 30.7 Å². The fraction of sp³-hybridized carbons (Fsp3) is 0.310. The predicted molar refractivity (Wildman–Crippen MR) is 146 cm³/mol. The maximum atomic E-state index is 13.0. The van der Waals surface area contributed by atoms with Crippen molar-refractivity contribution in [3.05, 3.63) is 85.2 Å². The summed E-state index contributed by atoms with van der Waals surface area (Å²) >= 11 is 1.44. The van der Waals surface area contributed by atoms with E-state index in [4.69, 9.17) is 4.74 Å². The third-order valence-corrected chi connectivity index (χ3v) is 8.96. The molecule has 2 aliphatic rings. The van der Waals surface area contributed by atoms with Crippen molar-refractivity contribution < 1.29 is 9.53 Å². The van der Waals surface area contributed by atoms with Crippen LogP contribution in [-0.4, -0.2) is 49.8 Å². The summed E-state index contributed by atoms with van der Waals surface area (Å²) in [5.41, 5.74) is 4.00. The van der Waals surface area contributed by atoms with E-state index in [1.165, 1.54) is 11.8 Å². The summed E-state index contributed by atoms with van der Waals surface area (Å²) in [5.74, 6) is 1.44. The maximum Gasteiger partial charge on any atom is 0.282 e. The number of hydrogen-bond acceptors (Lipinski definition) is 6. The van der Waals surface area contributed by atoms with Crippen molar-refractivity contribution in [2.75, 3.05) is 13.7 Å². The minimum Gasteiger partial charge on any atom is -0.497 e. The molecule has 37 heavy (non-hydrogen) atoms. The van der Waals surface area contributed by atoms with Crippen LogP contribution >= 0.6 is 11.8 Å². The second kappa shape index (κ2) is 10.0. The highest BCUT2D eigenvalue weighted by atomic mass is 32.2. The Hall–Kier alpha value is -3.65. The van der Waals surface area contributed by atoms with Crippen molar-refractivity contribution in [3.63, 3.8) is 0 Å². The van der Waals surface area contributed by atoms with Crippen molar-refractivity contribution in [1.82, 2.24) is 24.9 Å². The lowest BCUT2D eigenvalue weighted by molar-refractivity contribution is 0.129. The minimum absolute atomic E-state index is 0.0504. The van der Waals surface area contributed by atoms with Gasteiger partial charge >= 0.3 is 0 Å². The van der Waals surface area contributed by atoms with Gasteiger partial charge in [-0.05, 0) is 54.5 Å². The van der Waals surface area contributed by atoms with Gasteiger partial charge in [-0.3, -0.25) is 14.5 Å². The number of amides is 1. The van der Waals surface area contributed by atoms with E-state index in [1.54, 1.807) is 7.11 Å². The molecule has 0 N–H and O–H groups in total. The SMILES string of the molecule is C=CC(Cn1cc(-c2ccccc2)nn1)C1CCN2C(=O)SC(c3ccnc4ccc(OC)cc34)C2C1.